The van der Waals surface area contributed by atoms with Crippen LogP contribution in [0.5, 0.6) is 11.5 Å². The van der Waals surface area contributed by atoms with Crippen LogP contribution in [0.3, 0.4) is 0 Å². The summed E-state index contributed by atoms with van der Waals surface area (Å²) in [7, 11) is 0. The first-order valence-electron chi connectivity index (χ1n) is 5.67. The Bertz CT molecular complexity index is 500. The molecule has 1 aliphatic heterocycles. The first-order chi connectivity index (χ1) is 9.38. The minimum Gasteiger partial charge on any atom is -0.486 e. The second kappa shape index (κ2) is 5.58. The molecule has 0 fully saturated rings. The van der Waals surface area contributed by atoms with Crippen molar-refractivity contribution in [2.75, 3.05) is 19.8 Å². The van der Waals surface area contributed by atoms with Gasteiger partial charge < -0.3 is 19.3 Å². The lowest BCUT2D eigenvalue weighted by atomic mass is 10.1. The van der Waals surface area contributed by atoms with Gasteiger partial charge in [-0.2, -0.15) is 13.2 Å². The van der Waals surface area contributed by atoms with Gasteiger partial charge in [-0.3, -0.25) is 0 Å². The van der Waals surface area contributed by atoms with Crippen LogP contribution >= 0.6 is 0 Å². The number of carboxylic acids is 1. The second-order valence-electron chi connectivity index (χ2n) is 4.03. The van der Waals surface area contributed by atoms with Crippen molar-refractivity contribution in [1.82, 2.24) is 0 Å². The molecule has 1 aromatic carbocycles. The molecule has 0 bridgehead atoms. The Morgan fingerprint density at radius 2 is 1.95 bits per heavy atom. The minimum absolute atomic E-state index is 0.182. The van der Waals surface area contributed by atoms with Crippen molar-refractivity contribution in [3.8, 4) is 11.5 Å². The zero-order valence-electron chi connectivity index (χ0n) is 10.1. The average Bonchev–Trinajstić information content (AvgIpc) is 2.37. The van der Waals surface area contributed by atoms with Crippen molar-refractivity contribution in [1.29, 1.82) is 0 Å². The van der Waals surface area contributed by atoms with Gasteiger partial charge in [0.25, 0.3) is 0 Å². The Hall–Kier alpha value is -1.96. The summed E-state index contributed by atoms with van der Waals surface area (Å²) in [6, 6.07) is 3.66. The van der Waals surface area contributed by atoms with E-state index >= 15 is 0 Å². The normalized spacial score (nSPS) is 15.8. The molecule has 1 aliphatic rings. The van der Waals surface area contributed by atoms with Crippen molar-refractivity contribution >= 4 is 5.97 Å². The van der Waals surface area contributed by atoms with Crippen LogP contribution in [-0.4, -0.2) is 37.1 Å². The van der Waals surface area contributed by atoms with Gasteiger partial charge in [0.15, 0.2) is 17.6 Å². The summed E-state index contributed by atoms with van der Waals surface area (Å²) in [6.45, 7) is -0.480. The number of ether oxygens (including phenoxy) is 3. The van der Waals surface area contributed by atoms with E-state index in [1.807, 2.05) is 0 Å². The van der Waals surface area contributed by atoms with Gasteiger partial charge in [-0.05, 0) is 17.7 Å². The number of benzene rings is 1. The van der Waals surface area contributed by atoms with Crippen LogP contribution in [0.25, 0.3) is 0 Å². The monoisotopic (exact) mass is 292 g/mol. The molecule has 0 radical (unpaired) electrons. The largest absolute Gasteiger partial charge is 0.486 e. The van der Waals surface area contributed by atoms with Crippen LogP contribution in [0.15, 0.2) is 18.2 Å². The Balaban J connectivity index is 2.26. The molecule has 0 aromatic heterocycles. The molecule has 2 rings (SSSR count). The summed E-state index contributed by atoms with van der Waals surface area (Å²) in [5, 5.41) is 8.43. The Labute approximate surface area is 111 Å². The first-order valence-corrected chi connectivity index (χ1v) is 5.67. The molecule has 5 nitrogen and oxygen atoms in total. The average molecular weight is 292 g/mol. The van der Waals surface area contributed by atoms with E-state index in [9.17, 15) is 18.0 Å². The van der Waals surface area contributed by atoms with Gasteiger partial charge in [-0.25, -0.2) is 4.79 Å². The molecule has 0 saturated heterocycles. The predicted octanol–water partition coefficient (Wildman–Crippen LogP) is 2.16. The SMILES string of the molecule is O=C(O)COC(c1ccc2c(c1)OCCO2)C(F)(F)F. The smallest absolute Gasteiger partial charge is 0.418 e. The third-order valence-corrected chi connectivity index (χ3v) is 2.54. The minimum atomic E-state index is -4.72. The third-order valence-electron chi connectivity index (χ3n) is 2.54. The number of rotatable bonds is 4. The van der Waals surface area contributed by atoms with Gasteiger partial charge in [-0.15, -0.1) is 0 Å². The molecule has 1 heterocycles. The fourth-order valence-electron chi connectivity index (χ4n) is 1.76. The summed E-state index contributed by atoms with van der Waals surface area (Å²) in [5.74, 6) is -0.946. The lowest BCUT2D eigenvalue weighted by Crippen LogP contribution is -2.26. The number of alkyl halides is 3. The van der Waals surface area contributed by atoms with E-state index in [1.165, 1.54) is 12.1 Å². The molecule has 110 valence electrons. The summed E-state index contributed by atoms with van der Waals surface area (Å²) in [5.41, 5.74) is -0.233. The van der Waals surface area contributed by atoms with Gasteiger partial charge in [0.05, 0.1) is 0 Å². The van der Waals surface area contributed by atoms with Gasteiger partial charge in [0.1, 0.15) is 19.8 Å². The number of hydrogen-bond donors (Lipinski definition) is 1. The van der Waals surface area contributed by atoms with Crippen LogP contribution in [0.2, 0.25) is 0 Å². The molecule has 20 heavy (non-hydrogen) atoms. The molecular formula is C12H11F3O5. The van der Waals surface area contributed by atoms with E-state index in [0.29, 0.717) is 12.4 Å². The molecule has 0 spiro atoms. The van der Waals surface area contributed by atoms with E-state index < -0.39 is 24.9 Å². The lowest BCUT2D eigenvalue weighted by molar-refractivity contribution is -0.225. The first kappa shape index (κ1) is 14.4. The maximum atomic E-state index is 12.9. The fourth-order valence-corrected chi connectivity index (χ4v) is 1.76. The van der Waals surface area contributed by atoms with Crippen LogP contribution in [0.4, 0.5) is 13.2 Å². The van der Waals surface area contributed by atoms with Gasteiger partial charge >= 0.3 is 12.1 Å². The Morgan fingerprint density at radius 1 is 1.30 bits per heavy atom. The predicted molar refractivity (Wildman–Crippen MR) is 59.8 cm³/mol. The van der Waals surface area contributed by atoms with Crippen molar-refractivity contribution < 1.29 is 37.3 Å². The maximum absolute atomic E-state index is 12.9. The van der Waals surface area contributed by atoms with Crippen LogP contribution < -0.4 is 9.47 Å². The van der Waals surface area contributed by atoms with Crippen molar-refractivity contribution in [3.05, 3.63) is 23.8 Å². The van der Waals surface area contributed by atoms with Crippen molar-refractivity contribution in [2.45, 2.75) is 12.3 Å². The van der Waals surface area contributed by atoms with Crippen LogP contribution in [0.1, 0.15) is 11.7 Å². The zero-order valence-corrected chi connectivity index (χ0v) is 10.1. The highest BCUT2D eigenvalue weighted by atomic mass is 19.4. The highest BCUT2D eigenvalue weighted by Crippen LogP contribution is 2.40. The summed E-state index contributed by atoms with van der Waals surface area (Å²) in [4.78, 5) is 10.4. The quantitative estimate of drug-likeness (QED) is 0.921. The second-order valence-corrected chi connectivity index (χ2v) is 4.03. The molecule has 1 N–H and O–H groups in total. The summed E-state index contributed by atoms with van der Waals surface area (Å²) < 4.78 is 53.5. The highest BCUT2D eigenvalue weighted by molar-refractivity contribution is 5.68. The molecule has 0 aliphatic carbocycles. The molecule has 0 amide bonds. The van der Waals surface area contributed by atoms with Gasteiger partial charge in [0, 0.05) is 0 Å². The molecule has 1 atom stereocenters. The molecule has 8 heteroatoms. The van der Waals surface area contributed by atoms with E-state index in [2.05, 4.69) is 4.74 Å². The number of carboxylic acid groups (broad SMARTS) is 1. The van der Waals surface area contributed by atoms with Crippen molar-refractivity contribution in [2.24, 2.45) is 0 Å². The maximum Gasteiger partial charge on any atom is 0.418 e. The van der Waals surface area contributed by atoms with Crippen LogP contribution in [0, 0.1) is 0 Å². The number of fused-ring (bicyclic) bond motifs is 1. The van der Waals surface area contributed by atoms with E-state index in [0.717, 1.165) is 6.07 Å². The number of hydrogen-bond acceptors (Lipinski definition) is 4. The summed E-state index contributed by atoms with van der Waals surface area (Å²) in [6.07, 6.45) is -7.05. The molecule has 1 unspecified atom stereocenters. The van der Waals surface area contributed by atoms with Gasteiger partial charge in [0.2, 0.25) is 0 Å². The molecular weight excluding hydrogens is 281 g/mol. The van der Waals surface area contributed by atoms with E-state index in [4.69, 9.17) is 14.6 Å². The highest BCUT2D eigenvalue weighted by Gasteiger charge is 2.42. The van der Waals surface area contributed by atoms with E-state index in [-0.39, 0.29) is 17.9 Å². The van der Waals surface area contributed by atoms with E-state index in [1.54, 1.807) is 0 Å². The Kier molecular flexibility index (Phi) is 4.03. The molecule has 0 saturated carbocycles. The lowest BCUT2D eigenvalue weighted by Gasteiger charge is -2.23. The molecule has 1 aromatic rings. The van der Waals surface area contributed by atoms with Crippen LogP contribution in [-0.2, 0) is 9.53 Å². The standard InChI is InChI=1S/C12H11F3O5/c13-12(14,15)11(20-6-10(16)17)7-1-2-8-9(5-7)19-4-3-18-8/h1-2,5,11H,3-4,6H2,(H,16,17). The number of aliphatic carboxylic acids is 1. The van der Waals surface area contributed by atoms with Crippen molar-refractivity contribution in [3.63, 3.8) is 0 Å². The third kappa shape index (κ3) is 3.32. The number of carbonyl (C=O) groups is 1. The Morgan fingerprint density at radius 3 is 2.55 bits per heavy atom. The van der Waals surface area contributed by atoms with Gasteiger partial charge in [-0.1, -0.05) is 6.07 Å². The topological polar surface area (TPSA) is 65.0 Å². The fraction of sp³-hybridized carbons (Fsp3) is 0.417. The number of halogens is 3. The summed E-state index contributed by atoms with van der Waals surface area (Å²) >= 11 is 0. The zero-order chi connectivity index (χ0) is 14.8.